The molecule has 1 aromatic carbocycles. The maximum Gasteiger partial charge on any atom is 0.227 e. The summed E-state index contributed by atoms with van der Waals surface area (Å²) in [7, 11) is 2.01. The van der Waals surface area contributed by atoms with Crippen LogP contribution in [-0.4, -0.2) is 73.2 Å². The summed E-state index contributed by atoms with van der Waals surface area (Å²) in [6, 6.07) is 10.7. The van der Waals surface area contributed by atoms with E-state index in [9.17, 15) is 9.90 Å². The van der Waals surface area contributed by atoms with E-state index in [4.69, 9.17) is 0 Å². The Morgan fingerprint density at radius 3 is 2.62 bits per heavy atom. The van der Waals surface area contributed by atoms with E-state index in [1.54, 1.807) is 0 Å². The first-order valence-corrected chi connectivity index (χ1v) is 10.0. The van der Waals surface area contributed by atoms with E-state index >= 15 is 0 Å². The van der Waals surface area contributed by atoms with E-state index in [1.807, 2.05) is 7.05 Å². The minimum Gasteiger partial charge on any atom is -0.392 e. The Balaban J connectivity index is 1.34. The van der Waals surface area contributed by atoms with Crippen LogP contribution in [0.15, 0.2) is 30.3 Å². The first-order chi connectivity index (χ1) is 12.6. The highest BCUT2D eigenvalue weighted by Gasteiger charge is 2.32. The average Bonchev–Trinajstić information content (AvgIpc) is 2.68. The van der Waals surface area contributed by atoms with Crippen LogP contribution in [0.3, 0.4) is 0 Å². The average molecular weight is 360 g/mol. The Morgan fingerprint density at radius 1 is 1.15 bits per heavy atom. The molecule has 1 aromatic rings. The van der Waals surface area contributed by atoms with E-state index in [0.717, 1.165) is 52.0 Å². The molecule has 0 spiro atoms. The van der Waals surface area contributed by atoms with Crippen molar-refractivity contribution >= 4 is 5.91 Å². The Labute approximate surface area is 157 Å². The maximum absolute atomic E-state index is 12.4. The molecule has 2 aliphatic rings. The highest BCUT2D eigenvalue weighted by atomic mass is 16.3. The van der Waals surface area contributed by atoms with Gasteiger partial charge in [-0.1, -0.05) is 30.3 Å². The van der Waals surface area contributed by atoms with Gasteiger partial charge in [-0.15, -0.1) is 0 Å². The molecule has 0 bridgehead atoms. The topological polar surface area (TPSA) is 55.8 Å². The van der Waals surface area contributed by atoms with Crippen molar-refractivity contribution in [3.8, 4) is 0 Å². The highest BCUT2D eigenvalue weighted by molar-refractivity contribution is 5.79. The van der Waals surface area contributed by atoms with E-state index < -0.39 is 6.10 Å². The molecule has 2 atom stereocenters. The largest absolute Gasteiger partial charge is 0.392 e. The molecule has 0 saturated carbocycles. The standard InChI is InChI=1S/C21H33N3O2/c1-23-11-10-20(25)19(16-23)21(26)22-15-18-8-13-24(14-9-18)12-7-17-5-3-2-4-6-17/h2-6,18-20,25H,7-16H2,1H3,(H,22,26)/t19-,20-/m1/s1. The fourth-order valence-electron chi connectivity index (χ4n) is 4.08. The second-order valence-electron chi connectivity index (χ2n) is 7.99. The monoisotopic (exact) mass is 359 g/mol. The molecule has 1 amide bonds. The first kappa shape index (κ1) is 19.3. The van der Waals surface area contributed by atoms with Crippen LogP contribution < -0.4 is 5.32 Å². The van der Waals surface area contributed by atoms with Gasteiger partial charge in [0.2, 0.25) is 5.91 Å². The van der Waals surface area contributed by atoms with Crippen molar-refractivity contribution in [1.82, 2.24) is 15.1 Å². The molecule has 144 valence electrons. The van der Waals surface area contributed by atoms with Crippen molar-refractivity contribution in [2.75, 3.05) is 46.3 Å². The van der Waals surface area contributed by atoms with Crippen molar-refractivity contribution < 1.29 is 9.90 Å². The molecule has 0 aliphatic carbocycles. The van der Waals surface area contributed by atoms with Gasteiger partial charge >= 0.3 is 0 Å². The van der Waals surface area contributed by atoms with Crippen molar-refractivity contribution in [2.24, 2.45) is 11.8 Å². The predicted octanol–water partition coefficient (Wildman–Crippen LogP) is 1.37. The lowest BCUT2D eigenvalue weighted by atomic mass is 9.93. The fourth-order valence-corrected chi connectivity index (χ4v) is 4.08. The molecular weight excluding hydrogens is 326 g/mol. The van der Waals surface area contributed by atoms with Gasteiger partial charge < -0.3 is 20.2 Å². The maximum atomic E-state index is 12.4. The SMILES string of the molecule is CN1CC[C@@H](O)[C@H](C(=O)NCC2CCN(CCc3ccccc3)CC2)C1. The molecule has 2 aliphatic heterocycles. The Kier molecular flexibility index (Phi) is 7.06. The molecule has 2 fully saturated rings. The molecule has 2 heterocycles. The minimum absolute atomic E-state index is 0.0237. The number of hydrogen-bond donors (Lipinski definition) is 2. The van der Waals surface area contributed by atoms with Crippen molar-refractivity contribution in [3.05, 3.63) is 35.9 Å². The van der Waals surface area contributed by atoms with E-state index in [1.165, 1.54) is 5.56 Å². The Hall–Kier alpha value is -1.43. The third kappa shape index (κ3) is 5.53. The second-order valence-corrected chi connectivity index (χ2v) is 7.99. The van der Waals surface area contributed by atoms with Crippen LogP contribution in [0.25, 0.3) is 0 Å². The fraction of sp³-hybridized carbons (Fsp3) is 0.667. The van der Waals surface area contributed by atoms with Crippen LogP contribution in [0.1, 0.15) is 24.8 Å². The number of hydrogen-bond acceptors (Lipinski definition) is 4. The number of benzene rings is 1. The third-order valence-corrected chi connectivity index (χ3v) is 5.95. The molecule has 2 saturated heterocycles. The molecule has 0 radical (unpaired) electrons. The number of carbonyl (C=O) groups excluding carboxylic acids is 1. The van der Waals surface area contributed by atoms with Crippen LogP contribution >= 0.6 is 0 Å². The summed E-state index contributed by atoms with van der Waals surface area (Å²) in [6.07, 6.45) is 3.58. The van der Waals surface area contributed by atoms with E-state index in [-0.39, 0.29) is 11.8 Å². The quantitative estimate of drug-likeness (QED) is 0.806. The van der Waals surface area contributed by atoms with Gasteiger partial charge in [-0.25, -0.2) is 0 Å². The van der Waals surface area contributed by atoms with Crippen LogP contribution in [0.2, 0.25) is 0 Å². The summed E-state index contributed by atoms with van der Waals surface area (Å²) in [5.41, 5.74) is 1.40. The smallest absolute Gasteiger partial charge is 0.227 e. The van der Waals surface area contributed by atoms with Gasteiger partial charge in [0.15, 0.2) is 0 Å². The lowest BCUT2D eigenvalue weighted by molar-refractivity contribution is -0.131. The van der Waals surface area contributed by atoms with Gasteiger partial charge in [0.05, 0.1) is 12.0 Å². The number of rotatable bonds is 6. The van der Waals surface area contributed by atoms with Gasteiger partial charge in [0, 0.05) is 26.2 Å². The summed E-state index contributed by atoms with van der Waals surface area (Å²) in [4.78, 5) is 17.1. The molecular formula is C21H33N3O2. The summed E-state index contributed by atoms with van der Waals surface area (Å²) in [5.74, 6) is 0.306. The first-order valence-electron chi connectivity index (χ1n) is 10.0. The van der Waals surface area contributed by atoms with Crippen molar-refractivity contribution in [3.63, 3.8) is 0 Å². The van der Waals surface area contributed by atoms with Crippen molar-refractivity contribution in [2.45, 2.75) is 31.8 Å². The number of aliphatic hydroxyl groups is 1. The normalized spacial score (nSPS) is 25.9. The molecule has 0 unspecified atom stereocenters. The summed E-state index contributed by atoms with van der Waals surface area (Å²) in [6.45, 7) is 5.61. The number of carbonyl (C=O) groups is 1. The molecule has 26 heavy (non-hydrogen) atoms. The van der Waals surface area contributed by atoms with Gasteiger partial charge in [-0.2, -0.15) is 0 Å². The van der Waals surface area contributed by atoms with Crippen LogP contribution in [0, 0.1) is 11.8 Å². The van der Waals surface area contributed by atoms with Gasteiger partial charge in [-0.3, -0.25) is 4.79 Å². The summed E-state index contributed by atoms with van der Waals surface area (Å²) < 4.78 is 0. The van der Waals surface area contributed by atoms with Gasteiger partial charge in [0.25, 0.3) is 0 Å². The van der Waals surface area contributed by atoms with Gasteiger partial charge in [0.1, 0.15) is 0 Å². The number of piperidine rings is 2. The van der Waals surface area contributed by atoms with E-state index in [0.29, 0.717) is 18.9 Å². The van der Waals surface area contributed by atoms with Crippen LogP contribution in [0.5, 0.6) is 0 Å². The van der Waals surface area contributed by atoms with E-state index in [2.05, 4.69) is 45.4 Å². The number of nitrogens with zero attached hydrogens (tertiary/aromatic N) is 2. The molecule has 2 N–H and O–H groups in total. The predicted molar refractivity (Wildman–Crippen MR) is 104 cm³/mol. The summed E-state index contributed by atoms with van der Waals surface area (Å²) >= 11 is 0. The minimum atomic E-state index is -0.494. The molecule has 5 nitrogen and oxygen atoms in total. The third-order valence-electron chi connectivity index (χ3n) is 5.95. The lowest BCUT2D eigenvalue weighted by Gasteiger charge is -2.34. The number of aliphatic hydroxyl groups excluding tert-OH is 1. The number of nitrogens with one attached hydrogen (secondary N) is 1. The molecule has 3 rings (SSSR count). The zero-order chi connectivity index (χ0) is 18.4. The van der Waals surface area contributed by atoms with Crippen LogP contribution in [-0.2, 0) is 11.2 Å². The zero-order valence-electron chi connectivity index (χ0n) is 15.9. The number of amides is 1. The second kappa shape index (κ2) is 9.49. The highest BCUT2D eigenvalue weighted by Crippen LogP contribution is 2.19. The number of likely N-dealkylation sites (tertiary alicyclic amines) is 2. The zero-order valence-corrected chi connectivity index (χ0v) is 15.9. The molecule has 5 heteroatoms. The Morgan fingerprint density at radius 2 is 1.88 bits per heavy atom. The Bertz CT molecular complexity index is 558. The van der Waals surface area contributed by atoms with Crippen LogP contribution in [0.4, 0.5) is 0 Å². The van der Waals surface area contributed by atoms with Gasteiger partial charge in [-0.05, 0) is 57.3 Å². The lowest BCUT2D eigenvalue weighted by Crippen LogP contribution is -2.49. The molecule has 0 aromatic heterocycles. The summed E-state index contributed by atoms with van der Waals surface area (Å²) in [5, 5.41) is 13.2. The van der Waals surface area contributed by atoms with Crippen molar-refractivity contribution in [1.29, 1.82) is 0 Å².